The Kier molecular flexibility index (Phi) is 6.80. The van der Waals surface area contributed by atoms with Gasteiger partial charge in [0.15, 0.2) is 5.82 Å². The first-order valence-electron chi connectivity index (χ1n) is 9.91. The third kappa shape index (κ3) is 5.15. The number of anilines is 2. The Labute approximate surface area is 203 Å². The predicted octanol–water partition coefficient (Wildman–Crippen LogP) is 4.11. The first-order valence-corrected chi connectivity index (χ1v) is 10.3. The third-order valence-corrected chi connectivity index (χ3v) is 4.87. The van der Waals surface area contributed by atoms with Gasteiger partial charge in [-0.1, -0.05) is 23.4 Å². The van der Waals surface area contributed by atoms with Gasteiger partial charge in [-0.3, -0.25) is 9.78 Å². The van der Waals surface area contributed by atoms with E-state index in [-0.39, 0.29) is 33.7 Å². The number of hydrogen-bond donors (Lipinski definition) is 2. The summed E-state index contributed by atoms with van der Waals surface area (Å²) in [5.41, 5.74) is 6.02. The fraction of sp³-hybridized carbons (Fsp3) is 0.0417. The van der Waals surface area contributed by atoms with Crippen LogP contribution in [0.4, 0.5) is 20.4 Å². The van der Waals surface area contributed by atoms with E-state index in [1.54, 1.807) is 24.5 Å². The van der Waals surface area contributed by atoms with Crippen LogP contribution in [0.1, 0.15) is 21.5 Å². The van der Waals surface area contributed by atoms with Gasteiger partial charge in [0.05, 0.1) is 34.6 Å². The van der Waals surface area contributed by atoms with Crippen molar-refractivity contribution in [1.82, 2.24) is 19.9 Å². The number of amides is 1. The number of nitrogens with two attached hydrogens (primary N) is 1. The van der Waals surface area contributed by atoms with E-state index in [0.717, 1.165) is 12.1 Å². The molecule has 4 aromatic rings. The van der Waals surface area contributed by atoms with Gasteiger partial charge in [-0.15, -0.1) is 0 Å². The lowest BCUT2D eigenvalue weighted by molar-refractivity contribution is 0.102. The largest absolute Gasteiger partial charge is 0.480 e. The van der Waals surface area contributed by atoms with E-state index >= 15 is 4.39 Å². The van der Waals surface area contributed by atoms with Gasteiger partial charge in [-0.25, -0.2) is 23.7 Å². The minimum Gasteiger partial charge on any atom is -0.480 e. The van der Waals surface area contributed by atoms with Gasteiger partial charge in [-0.05, 0) is 30.3 Å². The molecule has 0 saturated heterocycles. The number of nitrogens with one attached hydrogen (secondary N) is 1. The smallest absolute Gasteiger partial charge is 0.261 e. The van der Waals surface area contributed by atoms with Crippen LogP contribution in [-0.2, 0) is 0 Å². The quantitative estimate of drug-likeness (QED) is 0.412. The van der Waals surface area contributed by atoms with Gasteiger partial charge in [0.25, 0.3) is 5.91 Å². The molecule has 0 atom stereocenters. The van der Waals surface area contributed by atoms with Crippen molar-refractivity contribution >= 4 is 29.1 Å². The van der Waals surface area contributed by atoms with Crippen molar-refractivity contribution in [2.24, 2.45) is 0 Å². The third-order valence-electron chi connectivity index (χ3n) is 4.66. The summed E-state index contributed by atoms with van der Waals surface area (Å²) in [6.45, 7) is 0. The van der Waals surface area contributed by atoms with Crippen molar-refractivity contribution < 1.29 is 18.3 Å². The first kappa shape index (κ1) is 23.5. The molecule has 0 radical (unpaired) electrons. The van der Waals surface area contributed by atoms with Crippen molar-refractivity contribution in [3.63, 3.8) is 0 Å². The zero-order chi connectivity index (χ0) is 24.9. The number of nitrogen functional groups attached to an aromatic ring is 1. The Balaban J connectivity index is 1.70. The van der Waals surface area contributed by atoms with Crippen LogP contribution in [0.25, 0.3) is 11.3 Å². The number of aromatic nitrogens is 4. The maximum absolute atomic E-state index is 15.2. The Hall–Kier alpha value is -4.62. The fourth-order valence-corrected chi connectivity index (χ4v) is 3.20. The highest BCUT2D eigenvalue weighted by atomic mass is 35.5. The van der Waals surface area contributed by atoms with E-state index in [0.29, 0.717) is 11.3 Å². The molecule has 4 rings (SSSR count). The number of halogens is 3. The molecule has 11 heteroatoms. The maximum atomic E-state index is 15.2. The molecule has 0 unspecified atom stereocenters. The Bertz CT molecular complexity index is 1490. The van der Waals surface area contributed by atoms with E-state index in [1.165, 1.54) is 25.6 Å². The molecule has 174 valence electrons. The molecule has 0 aliphatic heterocycles. The molecule has 1 aromatic carbocycles. The van der Waals surface area contributed by atoms with E-state index < -0.39 is 23.1 Å². The summed E-state index contributed by atoms with van der Waals surface area (Å²) < 4.78 is 34.7. The normalized spacial score (nSPS) is 10.3. The van der Waals surface area contributed by atoms with Crippen LogP contribution in [0.2, 0.25) is 5.02 Å². The van der Waals surface area contributed by atoms with Crippen LogP contribution in [0.5, 0.6) is 5.88 Å². The summed E-state index contributed by atoms with van der Waals surface area (Å²) in [6, 6.07) is 6.80. The average Bonchev–Trinajstić information content (AvgIpc) is 2.86. The molecular weight excluding hydrogens is 478 g/mol. The molecule has 8 nitrogen and oxygen atoms in total. The molecule has 0 spiro atoms. The van der Waals surface area contributed by atoms with Gasteiger partial charge in [0.2, 0.25) is 11.8 Å². The average molecular weight is 493 g/mol. The fourth-order valence-electron chi connectivity index (χ4n) is 3.04. The Morgan fingerprint density at radius 1 is 1.14 bits per heavy atom. The lowest BCUT2D eigenvalue weighted by atomic mass is 10.1. The van der Waals surface area contributed by atoms with Gasteiger partial charge in [0.1, 0.15) is 11.4 Å². The summed E-state index contributed by atoms with van der Waals surface area (Å²) in [5.74, 6) is 2.38. The van der Waals surface area contributed by atoms with Crippen LogP contribution < -0.4 is 15.8 Å². The van der Waals surface area contributed by atoms with E-state index in [2.05, 4.69) is 37.1 Å². The number of hydrogen-bond acceptors (Lipinski definition) is 7. The van der Waals surface area contributed by atoms with Gasteiger partial charge < -0.3 is 15.8 Å². The molecule has 1 amide bonds. The van der Waals surface area contributed by atoms with Crippen LogP contribution in [-0.4, -0.2) is 33.0 Å². The highest BCUT2D eigenvalue weighted by molar-refractivity contribution is 6.31. The molecule has 35 heavy (non-hydrogen) atoms. The van der Waals surface area contributed by atoms with Crippen molar-refractivity contribution in [2.75, 3.05) is 18.2 Å². The van der Waals surface area contributed by atoms with Gasteiger partial charge in [0, 0.05) is 30.4 Å². The molecule has 3 aromatic heterocycles. The number of methoxy groups -OCH3 is 1. The number of benzene rings is 1. The number of carbonyl (C=O) groups excluding carboxylic acids is 1. The molecule has 0 bridgehead atoms. The highest BCUT2D eigenvalue weighted by Gasteiger charge is 2.19. The van der Waals surface area contributed by atoms with Crippen molar-refractivity contribution in [1.29, 1.82) is 0 Å². The molecule has 0 aliphatic rings. The second kappa shape index (κ2) is 10.1. The molecule has 0 fully saturated rings. The number of nitrogens with zero attached hydrogens (tertiary/aromatic N) is 4. The minimum atomic E-state index is -1.07. The number of ether oxygens (including phenoxy) is 1. The zero-order valence-corrected chi connectivity index (χ0v) is 18.8. The van der Waals surface area contributed by atoms with Gasteiger partial charge in [-0.2, -0.15) is 0 Å². The van der Waals surface area contributed by atoms with E-state index in [1.807, 2.05) is 0 Å². The Morgan fingerprint density at radius 2 is 1.97 bits per heavy atom. The van der Waals surface area contributed by atoms with Gasteiger partial charge >= 0.3 is 0 Å². The highest BCUT2D eigenvalue weighted by Crippen LogP contribution is 2.25. The topological polar surface area (TPSA) is 116 Å². The first-order chi connectivity index (χ1) is 16.9. The molecule has 0 saturated carbocycles. The number of rotatable bonds is 4. The van der Waals surface area contributed by atoms with E-state index in [9.17, 15) is 9.18 Å². The SMILES string of the molecule is COc1ncc(Cl)cc1C(=O)Nc1ccc(F)c(C#Cc2cnc(N)nc2-c2cccnc2)c1F. The monoisotopic (exact) mass is 492 g/mol. The van der Waals surface area contributed by atoms with Crippen LogP contribution in [0.15, 0.2) is 55.1 Å². The van der Waals surface area contributed by atoms with E-state index in [4.69, 9.17) is 22.1 Å². The lowest BCUT2D eigenvalue weighted by Crippen LogP contribution is -2.15. The summed E-state index contributed by atoms with van der Waals surface area (Å²) in [7, 11) is 1.32. The summed E-state index contributed by atoms with van der Waals surface area (Å²) in [5, 5.41) is 2.54. The molecular formula is C24H15ClF2N6O2. The maximum Gasteiger partial charge on any atom is 0.261 e. The molecule has 3 N–H and O–H groups in total. The second-order valence-corrected chi connectivity index (χ2v) is 7.37. The minimum absolute atomic E-state index is 0.00223. The zero-order valence-electron chi connectivity index (χ0n) is 18.0. The molecule has 0 aliphatic carbocycles. The predicted molar refractivity (Wildman–Crippen MR) is 126 cm³/mol. The molecule has 3 heterocycles. The van der Waals surface area contributed by atoms with Crippen LogP contribution >= 0.6 is 11.6 Å². The van der Waals surface area contributed by atoms with Crippen molar-refractivity contribution in [3.05, 3.63) is 88.5 Å². The van der Waals surface area contributed by atoms with Crippen LogP contribution in [0.3, 0.4) is 0 Å². The summed E-state index contributed by atoms with van der Waals surface area (Å²) >= 11 is 5.90. The van der Waals surface area contributed by atoms with Crippen molar-refractivity contribution in [3.8, 4) is 29.0 Å². The Morgan fingerprint density at radius 3 is 2.71 bits per heavy atom. The second-order valence-electron chi connectivity index (χ2n) is 6.93. The van der Waals surface area contributed by atoms with Crippen molar-refractivity contribution in [2.45, 2.75) is 0 Å². The van der Waals surface area contributed by atoms with Crippen LogP contribution in [0, 0.1) is 23.5 Å². The summed E-state index contributed by atoms with van der Waals surface area (Å²) in [4.78, 5) is 28.7. The number of pyridine rings is 2. The lowest BCUT2D eigenvalue weighted by Gasteiger charge is -2.10. The standard InChI is InChI=1S/C24H15ClF2N6O2/c1-35-23-17(9-15(25)12-30-23)22(34)32-19-7-6-18(26)16(20(19)27)5-4-14-11-31-24(28)33-21(14)13-3-2-8-29-10-13/h2-3,6-12H,1H3,(H,32,34)(H2,28,31,33). The summed E-state index contributed by atoms with van der Waals surface area (Å²) in [6.07, 6.45) is 5.77. The number of carbonyl (C=O) groups is 1.